The van der Waals surface area contributed by atoms with Crippen LogP contribution in [0.5, 0.6) is 0 Å². The van der Waals surface area contributed by atoms with Crippen LogP contribution in [0.15, 0.2) is 22.7 Å². The molecule has 0 aliphatic heterocycles. The van der Waals surface area contributed by atoms with E-state index in [-0.39, 0.29) is 5.41 Å². The van der Waals surface area contributed by atoms with Crippen molar-refractivity contribution in [2.45, 2.75) is 112 Å². The minimum atomic E-state index is -3.13. The lowest BCUT2D eigenvalue weighted by atomic mass is 9.40. The minimum Gasteiger partial charge on any atom is -0.504 e. The Balaban J connectivity index is 1.89. The smallest absolute Gasteiger partial charge is 0.261 e. The summed E-state index contributed by atoms with van der Waals surface area (Å²) in [5, 5.41) is 56.5. The molecule has 3 fully saturated rings. The molecule has 37 heavy (non-hydrogen) atoms. The molecule has 7 nitrogen and oxygen atoms in total. The standard InChI is InChI=1S/C30H46O7/c1-16(2)10-9-11-17(3)18-12-13-27(7)22-20(32)19(31)21-25(4,5)30(36,37)24(34)23(33)29(21,35)28(22,8)15-14-26(18,27)6/h16-18,31-32,35-37H,9-15H2,1-8H3/t17-,18-,26-,27+,28-,29-/m1/s1. The normalized spacial score (nSPS) is 41.6. The van der Waals surface area contributed by atoms with E-state index in [9.17, 15) is 35.1 Å². The van der Waals surface area contributed by atoms with Crippen molar-refractivity contribution in [2.24, 2.45) is 39.4 Å². The van der Waals surface area contributed by atoms with Gasteiger partial charge in [0.05, 0.1) is 5.41 Å². The Morgan fingerprint density at radius 2 is 1.35 bits per heavy atom. The quantitative estimate of drug-likeness (QED) is 0.258. The van der Waals surface area contributed by atoms with Gasteiger partial charge in [0.2, 0.25) is 11.6 Å². The second-order valence-corrected chi connectivity index (χ2v) is 14.1. The number of carbonyl (C=O) groups excluding carboxylic acids is 2. The van der Waals surface area contributed by atoms with Crippen molar-refractivity contribution in [1.82, 2.24) is 0 Å². The molecule has 208 valence electrons. The summed E-state index contributed by atoms with van der Waals surface area (Å²) in [5.41, 5.74) is -6.71. The monoisotopic (exact) mass is 518 g/mol. The zero-order chi connectivity index (χ0) is 28.1. The summed E-state index contributed by atoms with van der Waals surface area (Å²) in [6.07, 6.45) is 6.03. The van der Waals surface area contributed by atoms with Crippen LogP contribution in [0.4, 0.5) is 0 Å². The van der Waals surface area contributed by atoms with Crippen LogP contribution in [-0.4, -0.2) is 48.5 Å². The lowest BCUT2D eigenvalue weighted by Gasteiger charge is -2.64. The van der Waals surface area contributed by atoms with E-state index in [1.165, 1.54) is 20.3 Å². The van der Waals surface area contributed by atoms with Crippen molar-refractivity contribution in [3.63, 3.8) is 0 Å². The number of rotatable bonds is 5. The molecule has 6 atom stereocenters. The van der Waals surface area contributed by atoms with Gasteiger partial charge in [-0.2, -0.15) is 0 Å². The van der Waals surface area contributed by atoms with E-state index >= 15 is 0 Å². The lowest BCUT2D eigenvalue weighted by Crippen LogP contribution is -2.74. The van der Waals surface area contributed by atoms with Gasteiger partial charge in [-0.25, -0.2) is 0 Å². The predicted octanol–water partition coefficient (Wildman–Crippen LogP) is 4.90. The second-order valence-electron chi connectivity index (χ2n) is 14.1. The van der Waals surface area contributed by atoms with Crippen LogP contribution in [0.25, 0.3) is 0 Å². The number of carbonyl (C=O) groups is 2. The van der Waals surface area contributed by atoms with Gasteiger partial charge in [0.15, 0.2) is 17.1 Å². The summed E-state index contributed by atoms with van der Waals surface area (Å²) in [7, 11) is 0. The first-order chi connectivity index (χ1) is 16.8. The summed E-state index contributed by atoms with van der Waals surface area (Å²) >= 11 is 0. The van der Waals surface area contributed by atoms with Gasteiger partial charge in [-0.3, -0.25) is 9.59 Å². The molecule has 0 amide bonds. The Kier molecular flexibility index (Phi) is 6.24. The SMILES string of the molecule is CC(C)CCC[C@@H](C)[C@H]1CC[C@@]2(C)C3=C(O)C(O)=C4C(C)(C)C(O)(O)C(=O)C(=O)[C@@]4(O)[C@]3(C)CC[C@]12C. The van der Waals surface area contributed by atoms with E-state index in [0.29, 0.717) is 42.6 Å². The molecule has 5 N–H and O–H groups in total. The number of fused-ring (bicyclic) bond motifs is 5. The Bertz CT molecular complexity index is 1100. The molecule has 0 radical (unpaired) electrons. The van der Waals surface area contributed by atoms with Crippen LogP contribution < -0.4 is 0 Å². The summed E-state index contributed by atoms with van der Waals surface area (Å²) in [4.78, 5) is 26.5. The average Bonchev–Trinajstić information content (AvgIpc) is 3.06. The highest BCUT2D eigenvalue weighted by Gasteiger charge is 2.78. The van der Waals surface area contributed by atoms with Gasteiger partial charge in [0, 0.05) is 11.0 Å². The summed E-state index contributed by atoms with van der Waals surface area (Å²) in [5.74, 6) is -5.66. The van der Waals surface area contributed by atoms with Crippen LogP contribution >= 0.6 is 0 Å². The molecule has 0 aromatic rings. The largest absolute Gasteiger partial charge is 0.504 e. The fraction of sp³-hybridized carbons (Fsp3) is 0.800. The van der Waals surface area contributed by atoms with Crippen molar-refractivity contribution >= 4 is 11.6 Å². The first kappa shape index (κ1) is 28.3. The molecule has 4 aliphatic rings. The van der Waals surface area contributed by atoms with Gasteiger partial charge >= 0.3 is 0 Å². The van der Waals surface area contributed by atoms with E-state index in [0.717, 1.165) is 19.3 Å². The molecule has 4 rings (SSSR count). The molecule has 4 aliphatic carbocycles. The van der Waals surface area contributed by atoms with Crippen LogP contribution in [0.3, 0.4) is 0 Å². The third-order valence-electron chi connectivity index (χ3n) is 11.6. The van der Waals surface area contributed by atoms with E-state index in [4.69, 9.17) is 0 Å². The highest BCUT2D eigenvalue weighted by molar-refractivity contribution is 6.45. The highest BCUT2D eigenvalue weighted by atomic mass is 16.5. The lowest BCUT2D eigenvalue weighted by molar-refractivity contribution is -0.238. The molecule has 7 heteroatoms. The topological polar surface area (TPSA) is 135 Å². The molecule has 0 heterocycles. The molecule has 0 bridgehead atoms. The zero-order valence-corrected chi connectivity index (χ0v) is 23.7. The van der Waals surface area contributed by atoms with Crippen LogP contribution in [0.1, 0.15) is 100 Å². The van der Waals surface area contributed by atoms with Crippen molar-refractivity contribution < 1.29 is 35.1 Å². The van der Waals surface area contributed by atoms with Gasteiger partial charge in [-0.1, -0.05) is 74.7 Å². The predicted molar refractivity (Wildman–Crippen MR) is 139 cm³/mol. The van der Waals surface area contributed by atoms with Gasteiger partial charge in [0.1, 0.15) is 0 Å². The maximum atomic E-state index is 13.6. The van der Waals surface area contributed by atoms with Crippen molar-refractivity contribution in [3.05, 3.63) is 22.7 Å². The number of hydrogen-bond acceptors (Lipinski definition) is 7. The molecular weight excluding hydrogens is 472 g/mol. The Morgan fingerprint density at radius 1 is 0.784 bits per heavy atom. The Hall–Kier alpha value is -1.70. The number of aliphatic hydroxyl groups is 5. The Morgan fingerprint density at radius 3 is 1.92 bits per heavy atom. The molecule has 0 saturated heterocycles. The molecule has 0 unspecified atom stereocenters. The van der Waals surface area contributed by atoms with Gasteiger partial charge in [0.25, 0.3) is 5.78 Å². The van der Waals surface area contributed by atoms with Gasteiger partial charge < -0.3 is 25.5 Å². The fourth-order valence-electron chi connectivity index (χ4n) is 9.00. The first-order valence-electron chi connectivity index (χ1n) is 13.9. The fourth-order valence-corrected chi connectivity index (χ4v) is 9.00. The Labute approximate surface area is 220 Å². The van der Waals surface area contributed by atoms with Crippen LogP contribution in [-0.2, 0) is 9.59 Å². The highest BCUT2D eigenvalue weighted by Crippen LogP contribution is 2.75. The van der Waals surface area contributed by atoms with Crippen molar-refractivity contribution in [3.8, 4) is 0 Å². The van der Waals surface area contributed by atoms with E-state index in [2.05, 4.69) is 34.6 Å². The summed E-state index contributed by atoms with van der Waals surface area (Å²) < 4.78 is 0. The molecule has 0 aromatic heterocycles. The first-order valence-corrected chi connectivity index (χ1v) is 13.9. The van der Waals surface area contributed by atoms with Crippen molar-refractivity contribution in [1.29, 1.82) is 0 Å². The van der Waals surface area contributed by atoms with Crippen LogP contribution in [0.2, 0.25) is 0 Å². The third kappa shape index (κ3) is 3.17. The van der Waals surface area contributed by atoms with Gasteiger partial charge in [-0.15, -0.1) is 0 Å². The molecule has 0 aromatic carbocycles. The number of aliphatic hydroxyl groups excluding tert-OH is 2. The van der Waals surface area contributed by atoms with Crippen LogP contribution in [0, 0.1) is 39.4 Å². The molecule has 0 spiro atoms. The van der Waals surface area contributed by atoms with E-state index < -0.39 is 56.3 Å². The van der Waals surface area contributed by atoms with E-state index in [1.807, 2.05) is 0 Å². The number of Topliss-reactive ketones (excluding diaryl/α,β-unsaturated/α-hetero) is 2. The number of hydrogen-bond donors (Lipinski definition) is 5. The third-order valence-corrected chi connectivity index (χ3v) is 11.6. The summed E-state index contributed by atoms with van der Waals surface area (Å²) in [6.45, 7) is 15.3. The number of ketones is 2. The second kappa shape index (κ2) is 8.15. The molecular formula is C30H46O7. The molecule has 3 saturated carbocycles. The van der Waals surface area contributed by atoms with E-state index in [1.54, 1.807) is 6.92 Å². The minimum absolute atomic E-state index is 0.254. The maximum Gasteiger partial charge on any atom is 0.261 e. The van der Waals surface area contributed by atoms with Gasteiger partial charge in [-0.05, 0) is 59.8 Å². The summed E-state index contributed by atoms with van der Waals surface area (Å²) in [6, 6.07) is 0. The average molecular weight is 519 g/mol. The van der Waals surface area contributed by atoms with Crippen molar-refractivity contribution in [2.75, 3.05) is 0 Å². The maximum absolute atomic E-state index is 13.6. The zero-order valence-electron chi connectivity index (χ0n) is 23.7.